The number of nitrogens with zero attached hydrogens (tertiary/aromatic N) is 3. The van der Waals surface area contributed by atoms with Crippen LogP contribution in [-0.4, -0.2) is 43.4 Å². The molecule has 0 saturated carbocycles. The Labute approximate surface area is 162 Å². The molecule has 1 saturated heterocycles. The summed E-state index contributed by atoms with van der Waals surface area (Å²) in [6.07, 6.45) is 4.53. The van der Waals surface area contributed by atoms with Crippen LogP contribution in [0.1, 0.15) is 17.9 Å². The number of nitriles is 1. The summed E-state index contributed by atoms with van der Waals surface area (Å²) in [5.41, 5.74) is 1.35. The van der Waals surface area contributed by atoms with Crippen LogP contribution in [0.25, 0.3) is 0 Å². The lowest BCUT2D eigenvalue weighted by atomic mass is 9.86. The Morgan fingerprint density at radius 3 is 2.92 bits per heavy atom. The average Bonchev–Trinajstić information content (AvgIpc) is 3.10. The number of piperidine rings is 1. The molecular weight excluding hydrogens is 392 g/mol. The van der Waals surface area contributed by atoms with E-state index in [2.05, 4.69) is 74.6 Å². The van der Waals surface area contributed by atoms with Gasteiger partial charge < -0.3 is 15.0 Å². The molecule has 5 nitrogen and oxygen atoms in total. The van der Waals surface area contributed by atoms with Crippen LogP contribution >= 0.6 is 15.9 Å². The second-order valence-corrected chi connectivity index (χ2v) is 7.90. The number of likely N-dealkylation sites (N-methyl/N-ethyl adjacent to an activating group) is 1. The maximum Gasteiger partial charge on any atom is 0.194 e. The van der Waals surface area contributed by atoms with Crippen LogP contribution in [0.4, 0.5) is 0 Å². The zero-order valence-corrected chi connectivity index (χ0v) is 16.2. The lowest BCUT2D eigenvalue weighted by molar-refractivity contribution is 0.192. The number of hydrogen-bond donors (Lipinski definition) is 1. The maximum absolute atomic E-state index is 9.07. The van der Waals surface area contributed by atoms with Crippen molar-refractivity contribution in [3.63, 3.8) is 0 Å². The fourth-order valence-corrected chi connectivity index (χ4v) is 4.51. The number of hydrogen-bond acceptors (Lipinski definition) is 5. The first-order valence-electron chi connectivity index (χ1n) is 8.88. The molecule has 1 aromatic carbocycles. The molecule has 3 aliphatic heterocycles. The molecule has 0 spiro atoms. The molecule has 6 heteroatoms. The van der Waals surface area contributed by atoms with Gasteiger partial charge in [0.05, 0.1) is 5.92 Å². The number of ether oxygens (including phenoxy) is 1. The molecule has 0 amide bonds. The number of fused-ring (bicyclic) bond motifs is 1. The molecular formula is C20H21BrN4O. The maximum atomic E-state index is 9.07. The molecule has 0 aromatic heterocycles. The Kier molecular flexibility index (Phi) is 4.84. The number of halogens is 1. The molecule has 0 aliphatic carbocycles. The van der Waals surface area contributed by atoms with Crippen LogP contribution in [0.3, 0.4) is 0 Å². The van der Waals surface area contributed by atoms with Gasteiger partial charge in [-0.1, -0.05) is 46.3 Å². The first-order valence-corrected chi connectivity index (χ1v) is 9.67. The highest BCUT2D eigenvalue weighted by Gasteiger charge is 2.36. The van der Waals surface area contributed by atoms with Crippen molar-refractivity contribution < 1.29 is 4.74 Å². The minimum absolute atomic E-state index is 0.0195. The second kappa shape index (κ2) is 7.26. The van der Waals surface area contributed by atoms with Gasteiger partial charge in [-0.3, -0.25) is 0 Å². The van der Waals surface area contributed by atoms with Gasteiger partial charge in [0.1, 0.15) is 18.0 Å². The smallest absolute Gasteiger partial charge is 0.194 e. The van der Waals surface area contributed by atoms with E-state index in [1.54, 1.807) is 6.21 Å². The lowest BCUT2D eigenvalue weighted by Crippen LogP contribution is -2.47. The third-order valence-corrected chi connectivity index (χ3v) is 6.20. The summed E-state index contributed by atoms with van der Waals surface area (Å²) < 4.78 is 6.54. The zero-order valence-electron chi connectivity index (χ0n) is 14.6. The van der Waals surface area contributed by atoms with Crippen molar-refractivity contribution in [3.05, 3.63) is 58.0 Å². The van der Waals surface area contributed by atoms with Gasteiger partial charge in [-0.25, -0.2) is 4.99 Å². The molecule has 26 heavy (non-hydrogen) atoms. The third kappa shape index (κ3) is 3.29. The molecule has 134 valence electrons. The Morgan fingerprint density at radius 1 is 1.35 bits per heavy atom. The van der Waals surface area contributed by atoms with E-state index in [1.165, 1.54) is 5.56 Å². The SMILES string of the molecule is CN1CCC(NC2=C(Br)C3C=C(C#N)OC3C=N2)C(c2ccccc2)C1. The summed E-state index contributed by atoms with van der Waals surface area (Å²) in [4.78, 5) is 6.96. The summed E-state index contributed by atoms with van der Waals surface area (Å²) in [5, 5.41) is 12.7. The first kappa shape index (κ1) is 17.3. The van der Waals surface area contributed by atoms with Gasteiger partial charge in [0, 0.05) is 29.2 Å². The van der Waals surface area contributed by atoms with Crippen LogP contribution in [0.5, 0.6) is 0 Å². The van der Waals surface area contributed by atoms with Gasteiger partial charge in [-0.2, -0.15) is 5.26 Å². The highest BCUT2D eigenvalue weighted by Crippen LogP contribution is 2.37. The molecule has 1 fully saturated rings. The third-order valence-electron chi connectivity index (χ3n) is 5.29. The van der Waals surface area contributed by atoms with Crippen LogP contribution in [0.15, 0.2) is 57.5 Å². The fraction of sp³-hybridized carbons (Fsp3) is 0.400. The number of likely N-dealkylation sites (tertiary alicyclic amines) is 1. The summed E-state index contributed by atoms with van der Waals surface area (Å²) >= 11 is 3.69. The van der Waals surface area contributed by atoms with E-state index in [-0.39, 0.29) is 12.0 Å². The summed E-state index contributed by atoms with van der Waals surface area (Å²) in [6.45, 7) is 2.08. The van der Waals surface area contributed by atoms with Crippen molar-refractivity contribution in [2.45, 2.75) is 24.5 Å². The summed E-state index contributed by atoms with van der Waals surface area (Å²) in [5.74, 6) is 1.64. The largest absolute Gasteiger partial charge is 0.474 e. The predicted molar refractivity (Wildman–Crippen MR) is 105 cm³/mol. The van der Waals surface area contributed by atoms with Crippen molar-refractivity contribution >= 4 is 22.1 Å². The van der Waals surface area contributed by atoms with E-state index in [4.69, 9.17) is 10.00 Å². The Bertz CT molecular complexity index is 811. The van der Waals surface area contributed by atoms with Gasteiger partial charge in [0.25, 0.3) is 0 Å². The topological polar surface area (TPSA) is 60.7 Å². The number of aliphatic imine (C=N–C) groups is 1. The van der Waals surface area contributed by atoms with Crippen molar-refractivity contribution in [2.24, 2.45) is 10.9 Å². The van der Waals surface area contributed by atoms with Crippen molar-refractivity contribution in [3.8, 4) is 6.07 Å². The average molecular weight is 413 g/mol. The molecule has 3 aliphatic rings. The Hall–Kier alpha value is -2.10. The number of allylic oxidation sites excluding steroid dienone is 1. The van der Waals surface area contributed by atoms with Gasteiger partial charge >= 0.3 is 0 Å². The van der Waals surface area contributed by atoms with Gasteiger partial charge in [-0.15, -0.1) is 0 Å². The Morgan fingerprint density at radius 2 is 2.15 bits per heavy atom. The molecule has 4 unspecified atom stereocenters. The highest BCUT2D eigenvalue weighted by molar-refractivity contribution is 9.11. The van der Waals surface area contributed by atoms with Crippen LogP contribution < -0.4 is 5.32 Å². The standard InChI is InChI=1S/C20H21BrN4O/c1-25-8-7-17(16(12-25)13-5-3-2-4-6-13)24-20-19(21)15-9-14(10-22)26-18(15)11-23-20/h2-6,9,11,15-18,24H,7-8,12H2,1H3. The fourth-order valence-electron chi connectivity index (χ4n) is 3.90. The number of benzene rings is 1. The molecule has 4 rings (SSSR count). The number of nitrogens with one attached hydrogen (secondary N) is 1. The molecule has 0 radical (unpaired) electrons. The summed E-state index contributed by atoms with van der Waals surface area (Å²) in [6, 6.07) is 13.1. The van der Waals surface area contributed by atoms with Crippen LogP contribution in [0, 0.1) is 17.2 Å². The van der Waals surface area contributed by atoms with Crippen LogP contribution in [-0.2, 0) is 4.74 Å². The van der Waals surface area contributed by atoms with E-state index in [0.29, 0.717) is 17.7 Å². The van der Waals surface area contributed by atoms with Gasteiger partial charge in [0.15, 0.2) is 5.76 Å². The van der Waals surface area contributed by atoms with E-state index >= 15 is 0 Å². The first-order chi connectivity index (χ1) is 12.7. The monoisotopic (exact) mass is 412 g/mol. The zero-order chi connectivity index (χ0) is 18.1. The minimum atomic E-state index is -0.188. The molecule has 0 bridgehead atoms. The Balaban J connectivity index is 1.57. The molecule has 4 atom stereocenters. The van der Waals surface area contributed by atoms with E-state index in [0.717, 1.165) is 29.8 Å². The molecule has 3 heterocycles. The quantitative estimate of drug-likeness (QED) is 0.827. The normalized spacial score (nSPS) is 31.0. The predicted octanol–water partition coefficient (Wildman–Crippen LogP) is 3.13. The molecule has 1 N–H and O–H groups in total. The summed E-state index contributed by atoms with van der Waals surface area (Å²) in [7, 11) is 2.18. The van der Waals surface area contributed by atoms with Gasteiger partial charge in [-0.05, 0) is 31.7 Å². The number of rotatable bonds is 3. The lowest BCUT2D eigenvalue weighted by Gasteiger charge is -2.38. The van der Waals surface area contributed by atoms with Crippen molar-refractivity contribution in [1.82, 2.24) is 10.2 Å². The highest BCUT2D eigenvalue weighted by atomic mass is 79.9. The molecule has 1 aromatic rings. The van der Waals surface area contributed by atoms with Crippen molar-refractivity contribution in [1.29, 1.82) is 5.26 Å². The van der Waals surface area contributed by atoms with E-state index in [9.17, 15) is 0 Å². The van der Waals surface area contributed by atoms with Gasteiger partial charge in [0.2, 0.25) is 0 Å². The van der Waals surface area contributed by atoms with Crippen molar-refractivity contribution in [2.75, 3.05) is 20.1 Å². The van der Waals surface area contributed by atoms with E-state index < -0.39 is 0 Å². The minimum Gasteiger partial charge on any atom is -0.474 e. The van der Waals surface area contributed by atoms with E-state index in [1.807, 2.05) is 6.08 Å². The van der Waals surface area contributed by atoms with Crippen LogP contribution in [0.2, 0.25) is 0 Å². The second-order valence-electron chi connectivity index (χ2n) is 7.04.